The Bertz CT molecular complexity index is 786. The highest BCUT2D eigenvalue weighted by atomic mass is 15.3. The van der Waals surface area contributed by atoms with Crippen molar-refractivity contribution in [2.24, 2.45) is 16.8 Å². The summed E-state index contributed by atoms with van der Waals surface area (Å²) in [5.74, 6) is 3.42. The number of aliphatic imine (C=N–C) groups is 1. The standard InChI is InChI=1S/C23H37N7/c1-5-22-28-27-17-30(22)11-10-25-23(24-4)26-13-20-6-8-21(9-7-20)16-29-14-18(2)12-19(3)15-29/h6-9,17-19H,5,10-16H2,1-4H3,(H2,24,25,26). The number of likely N-dealkylation sites (tertiary alicyclic amines) is 1. The Morgan fingerprint density at radius 3 is 2.47 bits per heavy atom. The van der Waals surface area contributed by atoms with Crippen LogP contribution in [0, 0.1) is 11.8 Å². The van der Waals surface area contributed by atoms with Crippen LogP contribution < -0.4 is 10.6 Å². The van der Waals surface area contributed by atoms with E-state index in [9.17, 15) is 0 Å². The monoisotopic (exact) mass is 411 g/mol. The molecule has 1 aliphatic rings. The van der Waals surface area contributed by atoms with Gasteiger partial charge in [0.05, 0.1) is 0 Å². The van der Waals surface area contributed by atoms with E-state index in [0.717, 1.165) is 56.2 Å². The summed E-state index contributed by atoms with van der Waals surface area (Å²) in [7, 11) is 1.80. The van der Waals surface area contributed by atoms with E-state index in [-0.39, 0.29) is 0 Å². The summed E-state index contributed by atoms with van der Waals surface area (Å²) < 4.78 is 2.07. The van der Waals surface area contributed by atoms with Crippen molar-refractivity contribution >= 4 is 5.96 Å². The second kappa shape index (κ2) is 11.1. The second-order valence-corrected chi connectivity index (χ2v) is 8.60. The number of guanidine groups is 1. The van der Waals surface area contributed by atoms with E-state index in [2.05, 4.69) is 80.3 Å². The fourth-order valence-electron chi connectivity index (χ4n) is 4.38. The lowest BCUT2D eigenvalue weighted by Gasteiger charge is -2.35. The molecule has 1 aromatic heterocycles. The summed E-state index contributed by atoms with van der Waals surface area (Å²) in [6, 6.07) is 8.96. The van der Waals surface area contributed by atoms with Crippen molar-refractivity contribution < 1.29 is 0 Å². The zero-order chi connectivity index (χ0) is 21.3. The number of nitrogens with zero attached hydrogens (tertiary/aromatic N) is 5. The molecule has 1 fully saturated rings. The zero-order valence-electron chi connectivity index (χ0n) is 18.9. The van der Waals surface area contributed by atoms with Crippen molar-refractivity contribution in [1.29, 1.82) is 0 Å². The van der Waals surface area contributed by atoms with Gasteiger partial charge in [-0.15, -0.1) is 10.2 Å². The van der Waals surface area contributed by atoms with Crippen LogP contribution in [-0.2, 0) is 26.1 Å². The van der Waals surface area contributed by atoms with Gasteiger partial charge in [0.2, 0.25) is 0 Å². The Balaban J connectivity index is 1.42. The van der Waals surface area contributed by atoms with Gasteiger partial charge in [0.25, 0.3) is 0 Å². The normalized spacial score (nSPS) is 20.3. The molecule has 2 N–H and O–H groups in total. The summed E-state index contributed by atoms with van der Waals surface area (Å²) in [5, 5.41) is 14.8. The molecular weight excluding hydrogens is 374 g/mol. The smallest absolute Gasteiger partial charge is 0.191 e. The van der Waals surface area contributed by atoms with Gasteiger partial charge in [0, 0.05) is 52.7 Å². The van der Waals surface area contributed by atoms with E-state index in [4.69, 9.17) is 0 Å². The third kappa shape index (κ3) is 6.55. The van der Waals surface area contributed by atoms with Crippen LogP contribution >= 0.6 is 0 Å². The highest BCUT2D eigenvalue weighted by Crippen LogP contribution is 2.22. The Labute approximate surface area is 181 Å². The van der Waals surface area contributed by atoms with Gasteiger partial charge in [-0.25, -0.2) is 0 Å². The predicted octanol–water partition coefficient (Wildman–Crippen LogP) is 2.68. The van der Waals surface area contributed by atoms with E-state index in [0.29, 0.717) is 0 Å². The first-order chi connectivity index (χ1) is 14.6. The van der Waals surface area contributed by atoms with Crippen LogP contribution in [0.1, 0.15) is 44.1 Å². The summed E-state index contributed by atoms with van der Waals surface area (Å²) >= 11 is 0. The lowest BCUT2D eigenvalue weighted by molar-refractivity contribution is 0.134. The molecule has 1 aliphatic heterocycles. The van der Waals surface area contributed by atoms with E-state index >= 15 is 0 Å². The summed E-state index contributed by atoms with van der Waals surface area (Å²) in [4.78, 5) is 6.92. The molecule has 0 radical (unpaired) electrons. The maximum absolute atomic E-state index is 4.32. The first-order valence-corrected chi connectivity index (χ1v) is 11.2. The predicted molar refractivity (Wildman–Crippen MR) is 122 cm³/mol. The molecule has 0 spiro atoms. The maximum atomic E-state index is 4.32. The molecule has 164 valence electrons. The van der Waals surface area contributed by atoms with E-state index in [1.165, 1.54) is 30.6 Å². The Hall–Kier alpha value is -2.41. The van der Waals surface area contributed by atoms with Crippen LogP contribution in [0.2, 0.25) is 0 Å². The third-order valence-corrected chi connectivity index (χ3v) is 5.71. The first-order valence-electron chi connectivity index (χ1n) is 11.2. The molecule has 2 heterocycles. The number of benzene rings is 1. The number of hydrogen-bond donors (Lipinski definition) is 2. The van der Waals surface area contributed by atoms with Crippen LogP contribution in [0.25, 0.3) is 0 Å². The Kier molecular flexibility index (Phi) is 8.25. The average molecular weight is 412 g/mol. The molecule has 2 unspecified atom stereocenters. The summed E-state index contributed by atoms with van der Waals surface area (Å²) in [5.41, 5.74) is 2.65. The van der Waals surface area contributed by atoms with E-state index < -0.39 is 0 Å². The van der Waals surface area contributed by atoms with Gasteiger partial charge in [0.15, 0.2) is 5.96 Å². The van der Waals surface area contributed by atoms with Gasteiger partial charge in [-0.05, 0) is 29.4 Å². The lowest BCUT2D eigenvalue weighted by atomic mass is 9.91. The molecule has 30 heavy (non-hydrogen) atoms. The SMILES string of the molecule is CCc1nncn1CCNC(=NC)NCc1ccc(CN2CC(C)CC(C)C2)cc1. The van der Waals surface area contributed by atoms with Crippen LogP contribution in [0.3, 0.4) is 0 Å². The van der Waals surface area contributed by atoms with Gasteiger partial charge in [0.1, 0.15) is 12.2 Å². The molecule has 3 rings (SSSR count). The lowest BCUT2D eigenvalue weighted by Crippen LogP contribution is -2.38. The van der Waals surface area contributed by atoms with Crippen LogP contribution in [0.4, 0.5) is 0 Å². The van der Waals surface area contributed by atoms with Crippen LogP contribution in [0.15, 0.2) is 35.6 Å². The van der Waals surface area contributed by atoms with Crippen molar-refractivity contribution in [3.8, 4) is 0 Å². The van der Waals surface area contributed by atoms with E-state index in [1.54, 1.807) is 13.4 Å². The van der Waals surface area contributed by atoms with Gasteiger partial charge < -0.3 is 15.2 Å². The largest absolute Gasteiger partial charge is 0.355 e. The number of nitrogens with one attached hydrogen (secondary N) is 2. The highest BCUT2D eigenvalue weighted by molar-refractivity contribution is 5.79. The number of aryl methyl sites for hydroxylation is 1. The average Bonchev–Trinajstić information content (AvgIpc) is 3.18. The van der Waals surface area contributed by atoms with Gasteiger partial charge >= 0.3 is 0 Å². The van der Waals surface area contributed by atoms with Crippen molar-refractivity contribution in [2.75, 3.05) is 26.7 Å². The minimum atomic E-state index is 0.755. The van der Waals surface area contributed by atoms with Crippen molar-refractivity contribution in [2.45, 2.75) is 53.2 Å². The fraction of sp³-hybridized carbons (Fsp3) is 0.609. The quantitative estimate of drug-likeness (QED) is 0.516. The molecule has 7 nitrogen and oxygen atoms in total. The van der Waals surface area contributed by atoms with E-state index in [1.807, 2.05) is 0 Å². The number of aromatic nitrogens is 3. The zero-order valence-corrected chi connectivity index (χ0v) is 18.9. The van der Waals surface area contributed by atoms with Crippen LogP contribution in [-0.4, -0.2) is 52.3 Å². The maximum Gasteiger partial charge on any atom is 0.191 e. The van der Waals surface area contributed by atoms with Gasteiger partial charge in [-0.1, -0.05) is 45.0 Å². The van der Waals surface area contributed by atoms with Gasteiger partial charge in [-0.2, -0.15) is 0 Å². The molecule has 1 aromatic carbocycles. The minimum absolute atomic E-state index is 0.755. The van der Waals surface area contributed by atoms with Crippen LogP contribution in [0.5, 0.6) is 0 Å². The van der Waals surface area contributed by atoms with Gasteiger partial charge in [-0.3, -0.25) is 9.89 Å². The molecule has 1 saturated heterocycles. The number of piperidine rings is 1. The molecule has 0 saturated carbocycles. The molecule has 0 amide bonds. The van der Waals surface area contributed by atoms with Crippen molar-refractivity contribution in [1.82, 2.24) is 30.3 Å². The fourth-order valence-corrected chi connectivity index (χ4v) is 4.38. The topological polar surface area (TPSA) is 70.4 Å². The molecule has 2 aromatic rings. The number of hydrogen-bond acceptors (Lipinski definition) is 4. The first kappa shape index (κ1) is 22.3. The van der Waals surface area contributed by atoms with Crippen molar-refractivity contribution in [3.05, 3.63) is 47.5 Å². The molecule has 0 aliphatic carbocycles. The summed E-state index contributed by atoms with van der Waals surface area (Å²) in [6.07, 6.45) is 4.03. The molecule has 7 heteroatoms. The summed E-state index contributed by atoms with van der Waals surface area (Å²) in [6.45, 7) is 12.7. The second-order valence-electron chi connectivity index (χ2n) is 8.60. The Morgan fingerprint density at radius 2 is 1.80 bits per heavy atom. The Morgan fingerprint density at radius 1 is 1.10 bits per heavy atom. The molecule has 0 bridgehead atoms. The minimum Gasteiger partial charge on any atom is -0.355 e. The molecule has 2 atom stereocenters. The number of rotatable bonds is 8. The molecular formula is C23H37N7. The van der Waals surface area contributed by atoms with Crippen molar-refractivity contribution in [3.63, 3.8) is 0 Å². The highest BCUT2D eigenvalue weighted by Gasteiger charge is 2.21. The third-order valence-electron chi connectivity index (χ3n) is 5.71.